The van der Waals surface area contributed by atoms with Crippen LogP contribution in [0.1, 0.15) is 12.7 Å². The molecular formula is C8H13N5O3. The van der Waals surface area contributed by atoms with Gasteiger partial charge in [0.05, 0.1) is 13.2 Å². The summed E-state index contributed by atoms with van der Waals surface area (Å²) < 4.78 is 4.63. The first-order valence-electron chi connectivity index (χ1n) is 4.74. The number of aromatic amines is 1. The predicted octanol–water partition coefficient (Wildman–Crippen LogP) is -0.833. The molecule has 3 N–H and O–H groups in total. The molecular weight excluding hydrogens is 214 g/mol. The van der Waals surface area contributed by atoms with Crippen LogP contribution in [0.25, 0.3) is 0 Å². The molecule has 8 heteroatoms. The molecule has 88 valence electrons. The largest absolute Gasteiger partial charge is 0.465 e. The summed E-state index contributed by atoms with van der Waals surface area (Å²) in [6.45, 7) is 2.05. The van der Waals surface area contributed by atoms with Crippen LogP contribution >= 0.6 is 0 Å². The van der Waals surface area contributed by atoms with Gasteiger partial charge in [-0.25, -0.2) is 9.78 Å². The van der Waals surface area contributed by atoms with Crippen LogP contribution in [0, 0.1) is 0 Å². The van der Waals surface area contributed by atoms with Crippen LogP contribution in [-0.4, -0.2) is 40.3 Å². The summed E-state index contributed by atoms with van der Waals surface area (Å²) in [6, 6.07) is -0.468. The third-order valence-corrected chi connectivity index (χ3v) is 1.58. The lowest BCUT2D eigenvalue weighted by atomic mass is 10.6. The van der Waals surface area contributed by atoms with Gasteiger partial charge in [-0.15, -0.1) is 0 Å². The van der Waals surface area contributed by atoms with Crippen molar-refractivity contribution in [3.63, 3.8) is 0 Å². The van der Waals surface area contributed by atoms with Gasteiger partial charge < -0.3 is 15.4 Å². The van der Waals surface area contributed by atoms with Crippen molar-refractivity contribution in [2.75, 3.05) is 13.2 Å². The fraction of sp³-hybridized carbons (Fsp3) is 0.500. The van der Waals surface area contributed by atoms with E-state index < -0.39 is 12.0 Å². The Kier molecular flexibility index (Phi) is 4.77. The van der Waals surface area contributed by atoms with E-state index in [2.05, 4.69) is 30.6 Å². The van der Waals surface area contributed by atoms with Crippen LogP contribution in [0.3, 0.4) is 0 Å². The Labute approximate surface area is 91.8 Å². The Morgan fingerprint density at radius 2 is 2.31 bits per heavy atom. The van der Waals surface area contributed by atoms with Crippen LogP contribution in [0.4, 0.5) is 4.79 Å². The minimum atomic E-state index is -0.475. The number of aromatic nitrogens is 3. The van der Waals surface area contributed by atoms with Gasteiger partial charge in [-0.05, 0) is 6.92 Å². The summed E-state index contributed by atoms with van der Waals surface area (Å²) in [5.74, 6) is 0.0589. The van der Waals surface area contributed by atoms with Gasteiger partial charge >= 0.3 is 12.0 Å². The normalized spacial score (nSPS) is 9.56. The van der Waals surface area contributed by atoms with Crippen molar-refractivity contribution in [3.05, 3.63) is 12.2 Å². The minimum Gasteiger partial charge on any atom is -0.465 e. The summed E-state index contributed by atoms with van der Waals surface area (Å²) in [7, 11) is 0. The molecule has 2 amide bonds. The average Bonchev–Trinajstić information content (AvgIpc) is 2.77. The van der Waals surface area contributed by atoms with Gasteiger partial charge in [0.15, 0.2) is 0 Å². The monoisotopic (exact) mass is 227 g/mol. The summed E-state index contributed by atoms with van der Waals surface area (Å²) in [4.78, 5) is 25.9. The molecule has 0 fully saturated rings. The lowest BCUT2D eigenvalue weighted by molar-refractivity contribution is -0.141. The number of H-pyrrole nitrogens is 1. The standard InChI is InChI=1S/C8H13N5O3/c1-2-16-7(14)4-10-8(15)9-3-6-11-5-12-13-6/h5H,2-4H2,1H3,(H2,9,10,15)(H,11,12,13). The number of amides is 2. The zero-order valence-electron chi connectivity index (χ0n) is 8.82. The van der Waals surface area contributed by atoms with Crippen molar-refractivity contribution in [2.24, 2.45) is 0 Å². The smallest absolute Gasteiger partial charge is 0.325 e. The Morgan fingerprint density at radius 3 is 2.94 bits per heavy atom. The molecule has 0 saturated carbocycles. The van der Waals surface area contributed by atoms with Crippen molar-refractivity contribution in [1.82, 2.24) is 25.8 Å². The van der Waals surface area contributed by atoms with E-state index in [9.17, 15) is 9.59 Å². The number of rotatable bonds is 5. The second kappa shape index (κ2) is 6.38. The van der Waals surface area contributed by atoms with Crippen molar-refractivity contribution in [2.45, 2.75) is 13.5 Å². The summed E-state index contributed by atoms with van der Waals surface area (Å²) >= 11 is 0. The quantitative estimate of drug-likeness (QED) is 0.569. The van der Waals surface area contributed by atoms with E-state index >= 15 is 0 Å². The van der Waals surface area contributed by atoms with Crippen LogP contribution in [-0.2, 0) is 16.1 Å². The molecule has 0 spiro atoms. The Hall–Kier alpha value is -2.12. The second-order valence-corrected chi connectivity index (χ2v) is 2.77. The molecule has 0 bridgehead atoms. The van der Waals surface area contributed by atoms with E-state index in [1.54, 1.807) is 6.92 Å². The molecule has 16 heavy (non-hydrogen) atoms. The molecule has 0 atom stereocenters. The molecule has 0 aliphatic heterocycles. The lowest BCUT2D eigenvalue weighted by Gasteiger charge is -2.05. The molecule has 0 aromatic carbocycles. The molecule has 1 aromatic heterocycles. The molecule has 1 heterocycles. The maximum atomic E-state index is 11.2. The number of esters is 1. The molecule has 0 saturated heterocycles. The van der Waals surface area contributed by atoms with Crippen molar-refractivity contribution < 1.29 is 14.3 Å². The van der Waals surface area contributed by atoms with Crippen LogP contribution in [0.15, 0.2) is 6.33 Å². The van der Waals surface area contributed by atoms with Crippen molar-refractivity contribution >= 4 is 12.0 Å². The van der Waals surface area contributed by atoms with Gasteiger partial charge in [0.25, 0.3) is 0 Å². The Bertz CT molecular complexity index is 337. The second-order valence-electron chi connectivity index (χ2n) is 2.77. The summed E-state index contributed by atoms with van der Waals surface area (Å²) in [5.41, 5.74) is 0. The maximum absolute atomic E-state index is 11.2. The van der Waals surface area contributed by atoms with Gasteiger partial charge in [0, 0.05) is 0 Å². The number of urea groups is 1. The van der Waals surface area contributed by atoms with Gasteiger partial charge in [-0.1, -0.05) is 0 Å². The topological polar surface area (TPSA) is 109 Å². The highest BCUT2D eigenvalue weighted by molar-refractivity contribution is 5.80. The molecule has 0 unspecified atom stereocenters. The number of hydrogen-bond donors (Lipinski definition) is 3. The van der Waals surface area contributed by atoms with Gasteiger partial charge in [-0.2, -0.15) is 5.10 Å². The Morgan fingerprint density at radius 1 is 1.50 bits per heavy atom. The molecule has 0 radical (unpaired) electrons. The maximum Gasteiger partial charge on any atom is 0.325 e. The van der Waals surface area contributed by atoms with E-state index in [1.165, 1.54) is 6.33 Å². The SMILES string of the molecule is CCOC(=O)CNC(=O)NCc1ncn[nH]1. The predicted molar refractivity (Wildman–Crippen MR) is 53.3 cm³/mol. The highest BCUT2D eigenvalue weighted by Crippen LogP contribution is 1.83. The number of hydrogen-bond acceptors (Lipinski definition) is 5. The van der Waals surface area contributed by atoms with Gasteiger partial charge in [0.1, 0.15) is 18.7 Å². The minimum absolute atomic E-state index is 0.157. The fourth-order valence-corrected chi connectivity index (χ4v) is 0.907. The number of ether oxygens (including phenoxy) is 1. The zero-order chi connectivity index (χ0) is 11.8. The number of carbonyl (C=O) groups is 2. The van der Waals surface area contributed by atoms with Gasteiger partial charge in [-0.3, -0.25) is 9.89 Å². The van der Waals surface area contributed by atoms with Crippen LogP contribution in [0.2, 0.25) is 0 Å². The molecule has 1 rings (SSSR count). The van der Waals surface area contributed by atoms with E-state index in [1.807, 2.05) is 0 Å². The third-order valence-electron chi connectivity index (χ3n) is 1.58. The molecule has 1 aromatic rings. The molecule has 8 nitrogen and oxygen atoms in total. The third kappa shape index (κ3) is 4.40. The first-order chi connectivity index (χ1) is 7.72. The summed E-state index contributed by atoms with van der Waals surface area (Å²) in [6.07, 6.45) is 1.34. The number of carbonyl (C=O) groups excluding carboxylic acids is 2. The van der Waals surface area contributed by atoms with Crippen molar-refractivity contribution in [3.8, 4) is 0 Å². The molecule has 0 aliphatic rings. The van der Waals surface area contributed by atoms with Crippen molar-refractivity contribution in [1.29, 1.82) is 0 Å². The van der Waals surface area contributed by atoms with Gasteiger partial charge in [0.2, 0.25) is 0 Å². The van der Waals surface area contributed by atoms with E-state index in [-0.39, 0.29) is 13.1 Å². The summed E-state index contributed by atoms with van der Waals surface area (Å²) in [5, 5.41) is 11.0. The van der Waals surface area contributed by atoms with Crippen LogP contribution in [0.5, 0.6) is 0 Å². The van der Waals surface area contributed by atoms with E-state index in [0.717, 1.165) is 0 Å². The average molecular weight is 227 g/mol. The Balaban J connectivity index is 2.14. The van der Waals surface area contributed by atoms with Crippen LogP contribution < -0.4 is 10.6 Å². The number of nitrogens with zero attached hydrogens (tertiary/aromatic N) is 2. The first-order valence-corrected chi connectivity index (χ1v) is 4.74. The lowest BCUT2D eigenvalue weighted by Crippen LogP contribution is -2.38. The molecule has 0 aliphatic carbocycles. The van der Waals surface area contributed by atoms with E-state index in [0.29, 0.717) is 12.4 Å². The van der Waals surface area contributed by atoms with E-state index in [4.69, 9.17) is 0 Å². The number of nitrogens with one attached hydrogen (secondary N) is 3. The fourth-order valence-electron chi connectivity index (χ4n) is 0.907. The highest BCUT2D eigenvalue weighted by atomic mass is 16.5. The highest BCUT2D eigenvalue weighted by Gasteiger charge is 2.05. The zero-order valence-corrected chi connectivity index (χ0v) is 8.82. The first kappa shape index (κ1) is 12.0.